The Hall–Kier alpha value is -0.160. The zero-order chi connectivity index (χ0) is 10.7. The van der Waals surface area contributed by atoms with E-state index in [1.807, 2.05) is 0 Å². The maximum absolute atomic E-state index is 9.24. The molecule has 0 radical (unpaired) electrons. The van der Waals surface area contributed by atoms with Crippen LogP contribution < -0.4 is 5.32 Å². The molecule has 1 atom stereocenters. The predicted molar refractivity (Wildman–Crippen MR) is 58.8 cm³/mol. The van der Waals surface area contributed by atoms with Crippen LogP contribution in [0.4, 0.5) is 0 Å². The highest BCUT2D eigenvalue weighted by Crippen LogP contribution is 2.25. The first-order chi connectivity index (χ1) is 7.24. The van der Waals surface area contributed by atoms with Gasteiger partial charge in [0, 0.05) is 13.1 Å². The predicted octanol–water partition coefficient (Wildman–Crippen LogP) is -0.463. The number of likely N-dealkylation sites (tertiary alicyclic amines) is 1. The number of hydrogen-bond acceptors (Lipinski definition) is 4. The van der Waals surface area contributed by atoms with Crippen LogP contribution in [0.15, 0.2) is 0 Å². The molecule has 2 N–H and O–H groups in total. The standard InChI is InChI=1S/C11H22N2O2/c1-13-3-2-10(5-13)4-12-6-11(7-14)8-15-9-11/h10,12,14H,2-9H2,1H3. The van der Waals surface area contributed by atoms with E-state index < -0.39 is 0 Å². The van der Waals surface area contributed by atoms with Crippen LogP contribution in [0.25, 0.3) is 0 Å². The lowest BCUT2D eigenvalue weighted by Gasteiger charge is -2.40. The molecule has 0 aromatic carbocycles. The highest BCUT2D eigenvalue weighted by Gasteiger charge is 2.37. The summed E-state index contributed by atoms with van der Waals surface area (Å²) in [5, 5.41) is 12.7. The van der Waals surface area contributed by atoms with Gasteiger partial charge in [-0.25, -0.2) is 0 Å². The van der Waals surface area contributed by atoms with Crippen molar-refractivity contribution >= 4 is 0 Å². The molecule has 88 valence electrons. The Morgan fingerprint density at radius 1 is 1.53 bits per heavy atom. The first-order valence-corrected chi connectivity index (χ1v) is 5.82. The number of aliphatic hydroxyl groups excluding tert-OH is 1. The third-order valence-corrected chi connectivity index (χ3v) is 3.57. The normalized spacial score (nSPS) is 30.4. The second kappa shape index (κ2) is 4.78. The lowest BCUT2D eigenvalue weighted by Crippen LogP contribution is -2.52. The zero-order valence-corrected chi connectivity index (χ0v) is 9.54. The van der Waals surface area contributed by atoms with E-state index in [4.69, 9.17) is 4.74 Å². The molecule has 2 saturated heterocycles. The summed E-state index contributed by atoms with van der Waals surface area (Å²) >= 11 is 0. The number of hydrogen-bond donors (Lipinski definition) is 2. The van der Waals surface area contributed by atoms with E-state index in [0.29, 0.717) is 13.2 Å². The smallest absolute Gasteiger partial charge is 0.0579 e. The molecule has 0 amide bonds. The van der Waals surface area contributed by atoms with E-state index in [1.54, 1.807) is 0 Å². The first-order valence-electron chi connectivity index (χ1n) is 5.82. The third kappa shape index (κ3) is 2.69. The van der Waals surface area contributed by atoms with Crippen molar-refractivity contribution in [3.05, 3.63) is 0 Å². The van der Waals surface area contributed by atoms with Crippen molar-refractivity contribution in [2.24, 2.45) is 11.3 Å². The van der Waals surface area contributed by atoms with Gasteiger partial charge in [0.2, 0.25) is 0 Å². The van der Waals surface area contributed by atoms with Crippen molar-refractivity contribution < 1.29 is 9.84 Å². The molecular formula is C11H22N2O2. The van der Waals surface area contributed by atoms with Crippen molar-refractivity contribution in [1.82, 2.24) is 10.2 Å². The van der Waals surface area contributed by atoms with E-state index in [9.17, 15) is 5.11 Å². The SMILES string of the molecule is CN1CCC(CNCC2(CO)COC2)C1. The highest BCUT2D eigenvalue weighted by atomic mass is 16.5. The summed E-state index contributed by atoms with van der Waals surface area (Å²) in [5.74, 6) is 0.784. The molecular weight excluding hydrogens is 192 g/mol. The average Bonchev–Trinajstić information content (AvgIpc) is 2.56. The Bertz CT molecular complexity index is 201. The summed E-state index contributed by atoms with van der Waals surface area (Å²) < 4.78 is 5.16. The fourth-order valence-electron chi connectivity index (χ4n) is 2.37. The Labute approximate surface area is 91.6 Å². The quantitative estimate of drug-likeness (QED) is 0.650. The maximum Gasteiger partial charge on any atom is 0.0579 e. The summed E-state index contributed by atoms with van der Waals surface area (Å²) in [6.07, 6.45) is 1.30. The van der Waals surface area contributed by atoms with E-state index in [2.05, 4.69) is 17.3 Å². The van der Waals surface area contributed by atoms with Crippen molar-refractivity contribution in [2.75, 3.05) is 53.0 Å². The molecule has 4 heteroatoms. The van der Waals surface area contributed by atoms with Gasteiger partial charge in [0.1, 0.15) is 0 Å². The van der Waals surface area contributed by atoms with Crippen LogP contribution in [-0.2, 0) is 4.74 Å². The van der Waals surface area contributed by atoms with Gasteiger partial charge in [0.25, 0.3) is 0 Å². The summed E-state index contributed by atoms with van der Waals surface area (Å²) in [4.78, 5) is 2.38. The van der Waals surface area contributed by atoms with Crippen LogP contribution in [0, 0.1) is 11.3 Å². The topological polar surface area (TPSA) is 44.7 Å². The van der Waals surface area contributed by atoms with Crippen molar-refractivity contribution in [3.8, 4) is 0 Å². The van der Waals surface area contributed by atoms with Crippen LogP contribution in [0.5, 0.6) is 0 Å². The Morgan fingerprint density at radius 2 is 2.33 bits per heavy atom. The molecule has 0 aromatic rings. The number of nitrogens with zero attached hydrogens (tertiary/aromatic N) is 1. The molecule has 0 aromatic heterocycles. The lowest BCUT2D eigenvalue weighted by molar-refractivity contribution is -0.134. The molecule has 0 spiro atoms. The number of rotatable bonds is 5. The van der Waals surface area contributed by atoms with Gasteiger partial charge in [-0.2, -0.15) is 0 Å². The minimum Gasteiger partial charge on any atom is -0.396 e. The van der Waals surface area contributed by atoms with Crippen LogP contribution >= 0.6 is 0 Å². The van der Waals surface area contributed by atoms with Gasteiger partial charge < -0.3 is 20.1 Å². The van der Waals surface area contributed by atoms with E-state index >= 15 is 0 Å². The summed E-state index contributed by atoms with van der Waals surface area (Å²) in [5.41, 5.74) is 0.0184. The van der Waals surface area contributed by atoms with Crippen molar-refractivity contribution in [1.29, 1.82) is 0 Å². The van der Waals surface area contributed by atoms with E-state index in [-0.39, 0.29) is 12.0 Å². The highest BCUT2D eigenvalue weighted by molar-refractivity contribution is 4.87. The maximum atomic E-state index is 9.24. The lowest BCUT2D eigenvalue weighted by atomic mass is 9.87. The minimum absolute atomic E-state index is 0.0184. The molecule has 0 saturated carbocycles. The second-order valence-electron chi connectivity index (χ2n) is 5.20. The second-order valence-corrected chi connectivity index (χ2v) is 5.20. The molecule has 4 nitrogen and oxygen atoms in total. The van der Waals surface area contributed by atoms with Gasteiger partial charge in [-0.1, -0.05) is 0 Å². The van der Waals surface area contributed by atoms with Crippen LogP contribution in [-0.4, -0.2) is 63.1 Å². The molecule has 0 aliphatic carbocycles. The fourth-order valence-corrected chi connectivity index (χ4v) is 2.37. The zero-order valence-electron chi connectivity index (χ0n) is 9.54. The number of aliphatic hydroxyl groups is 1. The molecule has 2 aliphatic heterocycles. The Kier molecular flexibility index (Phi) is 3.61. The summed E-state index contributed by atoms with van der Waals surface area (Å²) in [6, 6.07) is 0. The summed E-state index contributed by atoms with van der Waals surface area (Å²) in [6.45, 7) is 6.05. The first kappa shape index (κ1) is 11.3. The van der Waals surface area contributed by atoms with Crippen LogP contribution in [0.2, 0.25) is 0 Å². The Morgan fingerprint density at radius 3 is 2.80 bits per heavy atom. The number of nitrogens with one attached hydrogen (secondary N) is 1. The fraction of sp³-hybridized carbons (Fsp3) is 1.00. The molecule has 2 rings (SSSR count). The molecule has 2 aliphatic rings. The van der Waals surface area contributed by atoms with Crippen LogP contribution in [0.3, 0.4) is 0 Å². The van der Waals surface area contributed by atoms with Crippen LogP contribution in [0.1, 0.15) is 6.42 Å². The monoisotopic (exact) mass is 214 g/mol. The van der Waals surface area contributed by atoms with Gasteiger partial charge in [-0.3, -0.25) is 0 Å². The largest absolute Gasteiger partial charge is 0.396 e. The molecule has 1 unspecified atom stereocenters. The molecule has 2 fully saturated rings. The van der Waals surface area contributed by atoms with Crippen molar-refractivity contribution in [3.63, 3.8) is 0 Å². The minimum atomic E-state index is 0.0184. The van der Waals surface area contributed by atoms with Gasteiger partial charge in [-0.05, 0) is 32.5 Å². The third-order valence-electron chi connectivity index (χ3n) is 3.57. The number of ether oxygens (including phenoxy) is 1. The van der Waals surface area contributed by atoms with Gasteiger partial charge in [0.15, 0.2) is 0 Å². The molecule has 2 heterocycles. The van der Waals surface area contributed by atoms with Gasteiger partial charge in [0.05, 0.1) is 25.2 Å². The van der Waals surface area contributed by atoms with Crippen molar-refractivity contribution in [2.45, 2.75) is 6.42 Å². The van der Waals surface area contributed by atoms with Gasteiger partial charge in [-0.15, -0.1) is 0 Å². The average molecular weight is 214 g/mol. The van der Waals surface area contributed by atoms with Gasteiger partial charge >= 0.3 is 0 Å². The van der Waals surface area contributed by atoms with E-state index in [1.165, 1.54) is 19.5 Å². The Balaban J connectivity index is 1.62. The van der Waals surface area contributed by atoms with E-state index in [0.717, 1.165) is 19.0 Å². The summed E-state index contributed by atoms with van der Waals surface area (Å²) in [7, 11) is 2.18. The molecule has 15 heavy (non-hydrogen) atoms. The molecule has 0 bridgehead atoms.